The summed E-state index contributed by atoms with van der Waals surface area (Å²) in [6, 6.07) is 21.8. The molecule has 3 aromatic rings. The third-order valence-electron chi connectivity index (χ3n) is 7.56. The van der Waals surface area contributed by atoms with Crippen LogP contribution in [-0.4, -0.2) is 38.0 Å². The first kappa shape index (κ1) is 24.2. The highest BCUT2D eigenvalue weighted by Gasteiger charge is 2.78. The van der Waals surface area contributed by atoms with Gasteiger partial charge in [0.15, 0.2) is 16.9 Å². The molecule has 1 aliphatic carbocycles. The van der Waals surface area contributed by atoms with Crippen molar-refractivity contribution in [3.05, 3.63) is 100 Å². The lowest BCUT2D eigenvalue weighted by molar-refractivity contribution is -0.150. The van der Waals surface area contributed by atoms with E-state index in [4.69, 9.17) is 9.47 Å². The van der Waals surface area contributed by atoms with Gasteiger partial charge in [-0.25, -0.2) is 10.4 Å². The number of hydrogen-bond donors (Lipinski definition) is 1. The van der Waals surface area contributed by atoms with Crippen molar-refractivity contribution in [2.75, 3.05) is 21.2 Å². The molecule has 3 aromatic carbocycles. The number of ketones is 1. The summed E-state index contributed by atoms with van der Waals surface area (Å²) in [6.07, 6.45) is 0. The topological polar surface area (TPSA) is 67.9 Å². The smallest absolute Gasteiger partial charge is 0.317 e. The van der Waals surface area contributed by atoms with Gasteiger partial charge in [-0.15, -0.1) is 0 Å². The number of benzene rings is 3. The molecule has 6 heteroatoms. The van der Waals surface area contributed by atoms with Crippen molar-refractivity contribution in [1.29, 1.82) is 0 Å². The number of carbonyl (C=O) groups is 2. The standard InChI is InChI=1S/C30H32N2O4/c1-18-12-14-22(15-13-18)30-26(21-10-8-7-9-11-21)24(28(34)35-6)27(33)29(30,31-32(4)5)25-20(3)16-19(2)17-23(25)36-30/h7-17,24,26,31H,1-6H3/t24-,26-,29+,30+/m1/s1. The van der Waals surface area contributed by atoms with Gasteiger partial charge in [-0.1, -0.05) is 66.2 Å². The minimum Gasteiger partial charge on any atom is -0.479 e. The molecule has 1 saturated carbocycles. The molecule has 36 heavy (non-hydrogen) atoms. The van der Waals surface area contributed by atoms with Crippen molar-refractivity contribution in [3.8, 4) is 5.75 Å². The molecular weight excluding hydrogens is 452 g/mol. The summed E-state index contributed by atoms with van der Waals surface area (Å²) < 4.78 is 12.3. The van der Waals surface area contributed by atoms with Gasteiger partial charge in [0.25, 0.3) is 0 Å². The molecule has 0 bridgehead atoms. The molecule has 0 unspecified atom stereocenters. The number of aryl methyl sites for hydroxylation is 3. The zero-order chi connectivity index (χ0) is 25.8. The van der Waals surface area contributed by atoms with Gasteiger partial charge < -0.3 is 9.47 Å². The van der Waals surface area contributed by atoms with Crippen LogP contribution in [0.2, 0.25) is 0 Å². The monoisotopic (exact) mass is 484 g/mol. The Morgan fingerprint density at radius 3 is 2.25 bits per heavy atom. The van der Waals surface area contributed by atoms with E-state index < -0.39 is 28.9 Å². The lowest BCUT2D eigenvalue weighted by atomic mass is 9.68. The molecule has 4 atom stereocenters. The Morgan fingerprint density at radius 1 is 0.972 bits per heavy atom. The quantitative estimate of drug-likeness (QED) is 0.331. The fraction of sp³-hybridized carbons (Fsp3) is 0.333. The molecule has 1 fully saturated rings. The first-order chi connectivity index (χ1) is 17.2. The van der Waals surface area contributed by atoms with Gasteiger partial charge in [-0.3, -0.25) is 9.59 Å². The molecule has 1 N–H and O–H groups in total. The van der Waals surface area contributed by atoms with Crippen LogP contribution in [0.15, 0.2) is 66.7 Å². The lowest BCUT2D eigenvalue weighted by Crippen LogP contribution is -2.62. The van der Waals surface area contributed by atoms with Crippen molar-refractivity contribution < 1.29 is 19.1 Å². The molecule has 5 rings (SSSR count). The summed E-state index contributed by atoms with van der Waals surface area (Å²) in [5.41, 5.74) is 6.38. The van der Waals surface area contributed by atoms with Crippen LogP contribution >= 0.6 is 0 Å². The van der Waals surface area contributed by atoms with E-state index >= 15 is 0 Å². The van der Waals surface area contributed by atoms with E-state index in [0.717, 1.165) is 33.4 Å². The third kappa shape index (κ3) is 3.18. The number of Topliss-reactive ketones (excluding diaryl/α,β-unsaturated/α-hetero) is 1. The van der Waals surface area contributed by atoms with E-state index in [9.17, 15) is 9.59 Å². The second-order valence-corrected chi connectivity index (χ2v) is 10.2. The minimum atomic E-state index is -1.36. The van der Waals surface area contributed by atoms with E-state index in [2.05, 4.69) is 11.5 Å². The van der Waals surface area contributed by atoms with Gasteiger partial charge in [-0.2, -0.15) is 0 Å². The maximum absolute atomic E-state index is 14.8. The number of hydrazine groups is 1. The van der Waals surface area contributed by atoms with Crippen molar-refractivity contribution in [3.63, 3.8) is 0 Å². The second kappa shape index (κ2) is 8.57. The van der Waals surface area contributed by atoms with Crippen LogP contribution in [0, 0.1) is 26.7 Å². The summed E-state index contributed by atoms with van der Waals surface area (Å²) in [6.45, 7) is 6.04. The minimum absolute atomic E-state index is 0.261. The SMILES string of the molecule is COC(=O)[C@H]1C(=O)[C@@]2(NN(C)C)c3c(C)cc(C)cc3O[C@@]2(c2ccc(C)cc2)[C@@H]1c1ccccc1. The van der Waals surface area contributed by atoms with Crippen molar-refractivity contribution in [2.24, 2.45) is 5.92 Å². The van der Waals surface area contributed by atoms with Gasteiger partial charge in [-0.05, 0) is 49.1 Å². The number of hydrogen-bond acceptors (Lipinski definition) is 6. The second-order valence-electron chi connectivity index (χ2n) is 10.2. The van der Waals surface area contributed by atoms with Crippen LogP contribution in [0.3, 0.4) is 0 Å². The zero-order valence-electron chi connectivity index (χ0n) is 21.6. The molecule has 6 nitrogen and oxygen atoms in total. The fourth-order valence-corrected chi connectivity index (χ4v) is 6.39. The Kier molecular flexibility index (Phi) is 5.77. The molecule has 0 aromatic heterocycles. The predicted molar refractivity (Wildman–Crippen MR) is 138 cm³/mol. The Bertz CT molecular complexity index is 1340. The van der Waals surface area contributed by atoms with Gasteiger partial charge in [0.2, 0.25) is 0 Å². The van der Waals surface area contributed by atoms with E-state index in [1.807, 2.05) is 95.5 Å². The largest absolute Gasteiger partial charge is 0.479 e. The molecule has 1 heterocycles. The Balaban J connectivity index is 1.96. The number of methoxy groups -OCH3 is 1. The molecule has 2 aliphatic rings. The number of esters is 1. The van der Waals surface area contributed by atoms with Crippen molar-refractivity contribution >= 4 is 11.8 Å². The average molecular weight is 485 g/mol. The Labute approximate surface area is 212 Å². The van der Waals surface area contributed by atoms with Gasteiger partial charge in [0, 0.05) is 19.7 Å². The summed E-state index contributed by atoms with van der Waals surface area (Å²) in [4.78, 5) is 28.2. The molecule has 0 radical (unpaired) electrons. The van der Waals surface area contributed by atoms with Crippen molar-refractivity contribution in [2.45, 2.75) is 37.8 Å². The first-order valence-electron chi connectivity index (χ1n) is 12.2. The molecule has 1 aliphatic heterocycles. The predicted octanol–water partition coefficient (Wildman–Crippen LogP) is 4.32. The summed E-state index contributed by atoms with van der Waals surface area (Å²) in [5.74, 6) is -1.88. The van der Waals surface area contributed by atoms with Crippen LogP contribution in [0.5, 0.6) is 5.75 Å². The van der Waals surface area contributed by atoms with E-state index in [-0.39, 0.29) is 5.78 Å². The number of fused-ring (bicyclic) bond motifs is 3. The summed E-state index contributed by atoms with van der Waals surface area (Å²) in [7, 11) is 5.04. The lowest BCUT2D eigenvalue weighted by Gasteiger charge is -2.44. The van der Waals surface area contributed by atoms with Gasteiger partial charge in [0.1, 0.15) is 11.7 Å². The number of rotatable bonds is 5. The zero-order valence-corrected chi connectivity index (χ0v) is 21.6. The van der Waals surface area contributed by atoms with Crippen molar-refractivity contribution in [1.82, 2.24) is 10.4 Å². The highest BCUT2D eigenvalue weighted by Crippen LogP contribution is 2.67. The Morgan fingerprint density at radius 2 is 1.64 bits per heavy atom. The average Bonchev–Trinajstić information content (AvgIpc) is 3.23. The van der Waals surface area contributed by atoms with Crippen LogP contribution in [0.1, 0.15) is 39.3 Å². The maximum atomic E-state index is 14.8. The number of nitrogens with one attached hydrogen (secondary N) is 1. The van der Waals surface area contributed by atoms with Gasteiger partial charge in [0.05, 0.1) is 13.0 Å². The number of nitrogens with zero attached hydrogens (tertiary/aromatic N) is 1. The highest BCUT2D eigenvalue weighted by atomic mass is 16.5. The molecular formula is C30H32N2O4. The number of ether oxygens (including phenoxy) is 2. The van der Waals surface area contributed by atoms with E-state index in [0.29, 0.717) is 5.75 Å². The number of carbonyl (C=O) groups excluding carboxylic acids is 2. The first-order valence-corrected chi connectivity index (χ1v) is 12.2. The van der Waals surface area contributed by atoms with Crippen LogP contribution in [0.25, 0.3) is 0 Å². The molecule has 186 valence electrons. The van der Waals surface area contributed by atoms with Crippen LogP contribution in [-0.2, 0) is 25.5 Å². The van der Waals surface area contributed by atoms with Crippen LogP contribution in [0.4, 0.5) is 0 Å². The third-order valence-corrected chi connectivity index (χ3v) is 7.56. The van der Waals surface area contributed by atoms with E-state index in [1.165, 1.54) is 7.11 Å². The van der Waals surface area contributed by atoms with E-state index in [1.54, 1.807) is 5.01 Å². The molecule has 0 spiro atoms. The summed E-state index contributed by atoms with van der Waals surface area (Å²) >= 11 is 0. The molecule has 0 saturated heterocycles. The fourth-order valence-electron chi connectivity index (χ4n) is 6.39. The van der Waals surface area contributed by atoms with Gasteiger partial charge >= 0.3 is 5.97 Å². The summed E-state index contributed by atoms with van der Waals surface area (Å²) in [5, 5.41) is 1.78. The normalized spacial score (nSPS) is 26.5. The maximum Gasteiger partial charge on any atom is 0.317 e. The highest BCUT2D eigenvalue weighted by molar-refractivity contribution is 6.10. The molecule has 0 amide bonds. The Hall–Kier alpha value is -3.48. The van der Waals surface area contributed by atoms with Crippen LogP contribution < -0.4 is 10.2 Å².